The highest BCUT2D eigenvalue weighted by molar-refractivity contribution is 7.85. The number of rotatable bonds is 34. The normalized spacial score (nSPS) is 12.7. The number of carbonyl (C=O) groups is 4. The van der Waals surface area contributed by atoms with Gasteiger partial charge in [0.05, 0.1) is 73.6 Å². The number of esters is 3. The van der Waals surface area contributed by atoms with E-state index >= 15 is 0 Å². The molecule has 0 heterocycles. The van der Waals surface area contributed by atoms with Crippen molar-refractivity contribution in [1.82, 2.24) is 0 Å². The maximum atomic E-state index is 13.2. The lowest BCUT2D eigenvalue weighted by atomic mass is 9.80. The predicted molar refractivity (Wildman–Crippen MR) is 364 cm³/mol. The highest BCUT2D eigenvalue weighted by Gasteiger charge is 2.31. The van der Waals surface area contributed by atoms with Crippen molar-refractivity contribution in [2.24, 2.45) is 0 Å². The van der Waals surface area contributed by atoms with Crippen LogP contribution in [0.2, 0.25) is 0 Å². The van der Waals surface area contributed by atoms with Gasteiger partial charge in [0.1, 0.15) is 13.1 Å². The van der Waals surface area contributed by atoms with Gasteiger partial charge in [-0.05, 0) is 163 Å². The second-order valence-corrected chi connectivity index (χ2v) is 25.2. The van der Waals surface area contributed by atoms with Crippen LogP contribution in [0.5, 0.6) is 11.5 Å². The standard InChI is InChI=1S/C35H46N2O9S.C16H25NO2.2C8H19N.C4H2O4/c1-4-7-21-36(22-8-11-30(38)45-5-2)28-17-13-26(14-18-28)32-34(40)33(35(32)41)27-15-19-29(20-16-27)37(24-10-25-47(42,43)44)23-9-12-31(39)46-6-3;1-3-5-13-17(15-10-7-6-8-11-15)14-9-12-16(18)19-4-2;2*1-6-9(7(2)3)8(4)5;5-1-2(6)4(8)3(1)7/h13-20H,4-12,21-25H2,1-3H3,(H-,40,41,42,43,44);6-8,10-11H,3-5,9,12-14H2,1-2H3;2*7-8H,6H2,1-5H3;5-6H/p+1. The van der Waals surface area contributed by atoms with Crippen LogP contribution in [-0.4, -0.2) is 159 Å². The van der Waals surface area contributed by atoms with E-state index in [4.69, 9.17) is 24.4 Å². The molecule has 3 aromatic rings. The largest absolute Gasteiger partial charge is 0.871 e. The van der Waals surface area contributed by atoms with Crippen LogP contribution >= 0.6 is 0 Å². The number of nitrogens with zero attached hydrogens (tertiary/aromatic N) is 3. The van der Waals surface area contributed by atoms with E-state index in [1.165, 1.54) is 31.6 Å². The number of Topliss-reactive ketones (excluding diaryl/α,β-unsaturated/α-hetero) is 1. The van der Waals surface area contributed by atoms with E-state index in [1.54, 1.807) is 60.1 Å². The van der Waals surface area contributed by atoms with Crippen LogP contribution in [0.25, 0.3) is 5.57 Å². The molecule has 2 aliphatic carbocycles. The highest BCUT2D eigenvalue weighted by atomic mass is 32.2. The summed E-state index contributed by atoms with van der Waals surface area (Å²) in [5, 5.41) is 29.6. The van der Waals surface area contributed by atoms with Gasteiger partial charge in [0.25, 0.3) is 10.9 Å². The maximum absolute atomic E-state index is 13.2. The van der Waals surface area contributed by atoms with Crippen molar-refractivity contribution in [1.29, 1.82) is 0 Å². The van der Waals surface area contributed by atoms with Crippen molar-refractivity contribution in [2.45, 2.75) is 199 Å². The van der Waals surface area contributed by atoms with Gasteiger partial charge < -0.3 is 53.7 Å². The third-order valence-electron chi connectivity index (χ3n) is 15.4. The van der Waals surface area contributed by atoms with E-state index in [1.807, 2.05) is 29.7 Å². The predicted octanol–water partition coefficient (Wildman–Crippen LogP) is 7.19. The summed E-state index contributed by atoms with van der Waals surface area (Å²) in [4.78, 5) is 75.9. The van der Waals surface area contributed by atoms with E-state index in [0.29, 0.717) is 68.8 Å². The van der Waals surface area contributed by atoms with Crippen LogP contribution in [0.3, 0.4) is 0 Å². The molecule has 3 aromatic carbocycles. The molecule has 0 saturated carbocycles. The molecule has 0 atom stereocenters. The number of unbranched alkanes of at least 4 members (excludes halogenated alkanes) is 2. The molecule has 0 saturated heterocycles. The van der Waals surface area contributed by atoms with E-state index in [2.05, 4.69) is 117 Å². The Bertz CT molecular complexity index is 2950. The van der Waals surface area contributed by atoms with Gasteiger partial charge in [-0.3, -0.25) is 28.8 Å². The average molecular weight is 1310 g/mol. The van der Waals surface area contributed by atoms with Crippen molar-refractivity contribution in [3.63, 3.8) is 0 Å². The van der Waals surface area contributed by atoms with Crippen molar-refractivity contribution in [3.8, 4) is 11.5 Å². The molecule has 0 aliphatic heterocycles. The Labute approximate surface area is 549 Å². The number of hydrogen-bond donors (Lipinski definition) is 4. The van der Waals surface area contributed by atoms with Crippen molar-refractivity contribution in [2.75, 3.05) is 87.7 Å². The third kappa shape index (κ3) is 30.7. The third-order valence-corrected chi connectivity index (χ3v) is 16.2. The molecule has 20 nitrogen and oxygen atoms in total. The SMILES string of the molecule is CCCCN(CCCC(=O)OCC)c1ccc(C2=C([O-])C(=C3C=CC(=[N+](CCCC(=O)OCC)CCCS(=O)(=O)[O-])C=C3)C2=O)cc1.CCCCN(CCCC(=O)OCC)c1ccccc1.CC[NH+](C(C)C)C(C)C.CC[NH+](C(C)C)C(C)C.O=c1c(O)c(O)c1=O. The van der Waals surface area contributed by atoms with Gasteiger partial charge in [-0.1, -0.05) is 62.8 Å². The number of hydrogen-bond acceptors (Lipinski definition) is 17. The van der Waals surface area contributed by atoms with Gasteiger partial charge in [-0.2, -0.15) is 0 Å². The summed E-state index contributed by atoms with van der Waals surface area (Å²) >= 11 is 0. The quantitative estimate of drug-likeness (QED) is 0.0115. The number of para-hydroxylation sites is 1. The molecular weight excluding hydrogens is 1190 g/mol. The Morgan fingerprint density at radius 1 is 0.533 bits per heavy atom. The van der Waals surface area contributed by atoms with Gasteiger partial charge in [0.15, 0.2) is 11.5 Å². The monoisotopic (exact) mass is 1310 g/mol. The fourth-order valence-electron chi connectivity index (χ4n) is 10.8. The first-order chi connectivity index (χ1) is 43.6. The Kier molecular flexibility index (Phi) is 41.0. The molecular formula is C71H112N5O15S+. The molecule has 516 valence electrons. The molecule has 92 heavy (non-hydrogen) atoms. The molecule has 0 unspecified atom stereocenters. The lowest BCUT2D eigenvalue weighted by Crippen LogP contribution is -3.17. The van der Waals surface area contributed by atoms with Crippen molar-refractivity contribution < 1.29 is 76.1 Å². The number of quaternary nitrogens is 2. The molecule has 0 aromatic heterocycles. The zero-order chi connectivity index (χ0) is 69.5. The van der Waals surface area contributed by atoms with E-state index in [9.17, 15) is 46.8 Å². The smallest absolute Gasteiger partial charge is 0.306 e. The minimum absolute atomic E-state index is 0.0917. The number of aromatic hydroxyl groups is 2. The van der Waals surface area contributed by atoms with Crippen LogP contribution in [0.1, 0.15) is 180 Å². The summed E-state index contributed by atoms with van der Waals surface area (Å²) < 4.78 is 50.2. The second kappa shape index (κ2) is 45.4. The molecule has 0 fully saturated rings. The summed E-state index contributed by atoms with van der Waals surface area (Å²) in [7, 11) is -4.37. The van der Waals surface area contributed by atoms with Gasteiger partial charge >= 0.3 is 17.9 Å². The minimum Gasteiger partial charge on any atom is -0.871 e. The summed E-state index contributed by atoms with van der Waals surface area (Å²) in [6.07, 6.45) is 14.3. The highest BCUT2D eigenvalue weighted by Crippen LogP contribution is 2.38. The number of allylic oxidation sites excluding steroid dienone is 7. The first kappa shape index (κ1) is 83.1. The number of carbonyl (C=O) groups excluding carboxylic acids is 4. The maximum Gasteiger partial charge on any atom is 0.306 e. The Morgan fingerprint density at radius 3 is 1.25 bits per heavy atom. The summed E-state index contributed by atoms with van der Waals surface area (Å²) in [5.41, 5.74) is 2.13. The number of ether oxygens (including phenoxy) is 3. The summed E-state index contributed by atoms with van der Waals surface area (Å²) in [5.74, 6) is -3.46. The van der Waals surface area contributed by atoms with Crippen molar-refractivity contribution >= 4 is 56.5 Å². The summed E-state index contributed by atoms with van der Waals surface area (Å²) in [6, 6.07) is 20.8. The number of ketones is 1. The molecule has 0 bridgehead atoms. The Hall–Kier alpha value is -6.94. The first-order valence-corrected chi connectivity index (χ1v) is 34.8. The van der Waals surface area contributed by atoms with Crippen molar-refractivity contribution in [3.05, 3.63) is 122 Å². The first-order valence-electron chi connectivity index (χ1n) is 33.3. The lowest BCUT2D eigenvalue weighted by molar-refractivity contribution is -0.940. The molecule has 0 amide bonds. The molecule has 4 N–H and O–H groups in total. The molecule has 21 heteroatoms. The molecule has 0 spiro atoms. The van der Waals surface area contributed by atoms with E-state index in [-0.39, 0.29) is 66.6 Å². The molecule has 0 radical (unpaired) electrons. The van der Waals surface area contributed by atoms with Crippen LogP contribution in [-0.2, 0) is 43.5 Å². The fraction of sp³-hybridized carbons (Fsp3) is 0.592. The Balaban J connectivity index is 0.000000753. The second-order valence-electron chi connectivity index (χ2n) is 23.7. The number of benzene rings is 2. The lowest BCUT2D eigenvalue weighted by Gasteiger charge is -2.32. The number of anilines is 2. The topological polar surface area (TPSA) is 269 Å². The van der Waals surface area contributed by atoms with Gasteiger partial charge in [-0.15, -0.1) is 0 Å². The van der Waals surface area contributed by atoms with Crippen LogP contribution in [0.4, 0.5) is 11.4 Å². The molecule has 5 rings (SSSR count). The fourth-order valence-corrected chi connectivity index (χ4v) is 11.2. The summed E-state index contributed by atoms with van der Waals surface area (Å²) in [6.45, 7) is 40.1. The van der Waals surface area contributed by atoms with Gasteiger partial charge in [-0.25, -0.2) is 13.0 Å². The van der Waals surface area contributed by atoms with Crippen LogP contribution < -0.4 is 35.6 Å². The van der Waals surface area contributed by atoms with E-state index in [0.717, 1.165) is 68.8 Å². The van der Waals surface area contributed by atoms with Crippen LogP contribution in [0, 0.1) is 0 Å². The average Bonchev–Trinajstić information content (AvgIpc) is 0.752. The zero-order valence-corrected chi connectivity index (χ0v) is 58.8. The number of nitrogens with one attached hydrogen (secondary N) is 2. The van der Waals surface area contributed by atoms with E-state index < -0.39 is 38.2 Å². The van der Waals surface area contributed by atoms with Gasteiger partial charge in [0, 0.05) is 92.3 Å². The molecule has 2 aliphatic rings. The minimum atomic E-state index is -4.37. The Morgan fingerprint density at radius 2 is 0.913 bits per heavy atom. The van der Waals surface area contributed by atoms with Gasteiger partial charge in [0.2, 0.25) is 11.5 Å². The van der Waals surface area contributed by atoms with Crippen LogP contribution in [0.15, 0.2) is 105 Å². The zero-order valence-electron chi connectivity index (χ0n) is 58.0.